The fraction of sp³-hybridized carbons (Fsp3) is 0.481. The van der Waals surface area contributed by atoms with Gasteiger partial charge >= 0.3 is 6.18 Å². The van der Waals surface area contributed by atoms with Crippen LogP contribution in [0.25, 0.3) is 5.82 Å². The number of anilines is 2. The van der Waals surface area contributed by atoms with Gasteiger partial charge in [0.1, 0.15) is 24.0 Å². The van der Waals surface area contributed by atoms with Gasteiger partial charge in [0.05, 0.1) is 12.2 Å². The molecule has 0 aliphatic heterocycles. The molecule has 1 aliphatic carbocycles. The molecule has 39 heavy (non-hydrogen) atoms. The first-order valence-corrected chi connectivity index (χ1v) is 13.1. The van der Waals surface area contributed by atoms with E-state index in [0.29, 0.717) is 48.6 Å². The van der Waals surface area contributed by atoms with Crippen molar-refractivity contribution in [1.82, 2.24) is 24.8 Å². The SMILES string of the molecule is COCCNc1nc(N[C@H](CC2CCCCC2)C(=O)NCc2ccc(C(F)(F)F)cc2)cc(-n2ccnc2)n1. The smallest absolute Gasteiger partial charge is 0.383 e. The maximum absolute atomic E-state index is 13.4. The molecule has 0 unspecified atom stereocenters. The van der Waals surface area contributed by atoms with Crippen LogP contribution in [0.2, 0.25) is 0 Å². The number of hydrogen-bond acceptors (Lipinski definition) is 7. The van der Waals surface area contributed by atoms with Crippen molar-refractivity contribution < 1.29 is 22.7 Å². The van der Waals surface area contributed by atoms with Gasteiger partial charge in [0.2, 0.25) is 11.9 Å². The van der Waals surface area contributed by atoms with Crippen LogP contribution in [0, 0.1) is 5.92 Å². The minimum absolute atomic E-state index is 0.119. The lowest BCUT2D eigenvalue weighted by Gasteiger charge is -2.27. The van der Waals surface area contributed by atoms with E-state index in [2.05, 4.69) is 30.9 Å². The van der Waals surface area contributed by atoms with Crippen molar-refractivity contribution in [3.63, 3.8) is 0 Å². The lowest BCUT2D eigenvalue weighted by atomic mass is 9.84. The van der Waals surface area contributed by atoms with E-state index in [-0.39, 0.29) is 12.5 Å². The third-order valence-electron chi connectivity index (χ3n) is 6.75. The number of ether oxygens (including phenoxy) is 1. The standard InChI is InChI=1S/C27H34F3N7O2/c1-39-14-12-32-26-35-23(16-24(36-26)37-13-11-31-18-37)34-22(15-19-5-3-2-4-6-19)25(38)33-17-20-7-9-21(10-8-20)27(28,29)30/h7-11,13,16,18-19,22H,2-6,12,14-15,17H2,1H3,(H,33,38)(H2,32,34,35,36)/t22-/m1/s1. The molecule has 1 saturated carbocycles. The highest BCUT2D eigenvalue weighted by molar-refractivity contribution is 5.84. The highest BCUT2D eigenvalue weighted by atomic mass is 19.4. The zero-order valence-corrected chi connectivity index (χ0v) is 21.9. The Labute approximate surface area is 225 Å². The molecule has 1 atom stereocenters. The normalized spacial score (nSPS) is 15.1. The summed E-state index contributed by atoms with van der Waals surface area (Å²) in [6.45, 7) is 1.09. The molecule has 0 saturated heterocycles. The Kier molecular flexibility index (Phi) is 9.74. The van der Waals surface area contributed by atoms with Crippen LogP contribution < -0.4 is 16.0 Å². The van der Waals surface area contributed by atoms with Crippen molar-refractivity contribution in [2.75, 3.05) is 30.9 Å². The second kappa shape index (κ2) is 13.4. The number of alkyl halides is 3. The van der Waals surface area contributed by atoms with Crippen LogP contribution in [-0.4, -0.2) is 51.7 Å². The average Bonchev–Trinajstić information content (AvgIpc) is 3.47. The molecule has 1 amide bonds. The maximum Gasteiger partial charge on any atom is 0.416 e. The van der Waals surface area contributed by atoms with Crippen molar-refractivity contribution in [3.05, 3.63) is 60.2 Å². The highest BCUT2D eigenvalue weighted by Gasteiger charge is 2.30. The molecule has 0 radical (unpaired) electrons. The topological polar surface area (TPSA) is 106 Å². The number of methoxy groups -OCH3 is 1. The van der Waals surface area contributed by atoms with Gasteiger partial charge < -0.3 is 20.7 Å². The molecule has 2 aromatic heterocycles. The van der Waals surface area contributed by atoms with Crippen molar-refractivity contribution >= 4 is 17.7 Å². The second-order valence-corrected chi connectivity index (χ2v) is 9.67. The third kappa shape index (κ3) is 8.41. The number of nitrogens with one attached hydrogen (secondary N) is 3. The number of rotatable bonds is 12. The predicted molar refractivity (Wildman–Crippen MR) is 141 cm³/mol. The summed E-state index contributed by atoms with van der Waals surface area (Å²) < 4.78 is 45.5. The van der Waals surface area contributed by atoms with Crippen LogP contribution in [0.3, 0.4) is 0 Å². The number of imidazole rings is 1. The Morgan fingerprint density at radius 2 is 1.92 bits per heavy atom. The van der Waals surface area contributed by atoms with Gasteiger partial charge in [-0.05, 0) is 30.0 Å². The Bertz CT molecular complexity index is 1180. The first kappa shape index (κ1) is 28.3. The zero-order valence-electron chi connectivity index (χ0n) is 21.9. The van der Waals surface area contributed by atoms with E-state index in [1.54, 1.807) is 36.5 Å². The second-order valence-electron chi connectivity index (χ2n) is 9.67. The van der Waals surface area contributed by atoms with E-state index in [0.717, 1.165) is 37.8 Å². The molecule has 0 spiro atoms. The Morgan fingerprint density at radius 1 is 1.15 bits per heavy atom. The van der Waals surface area contributed by atoms with Crippen molar-refractivity contribution in [1.29, 1.82) is 0 Å². The number of amides is 1. The predicted octanol–water partition coefficient (Wildman–Crippen LogP) is 4.81. The number of hydrogen-bond donors (Lipinski definition) is 3. The molecular formula is C27H34F3N7O2. The Balaban J connectivity index is 1.51. The lowest BCUT2D eigenvalue weighted by molar-refractivity contribution is -0.137. The fourth-order valence-corrected chi connectivity index (χ4v) is 4.67. The molecule has 1 aliphatic rings. The van der Waals surface area contributed by atoms with Crippen molar-refractivity contribution in [2.45, 2.75) is 57.3 Å². The van der Waals surface area contributed by atoms with Crippen molar-refractivity contribution in [3.8, 4) is 5.82 Å². The number of aromatic nitrogens is 4. The fourth-order valence-electron chi connectivity index (χ4n) is 4.67. The summed E-state index contributed by atoms with van der Waals surface area (Å²) in [4.78, 5) is 26.6. The number of carbonyl (C=O) groups is 1. The average molecular weight is 546 g/mol. The molecule has 1 fully saturated rings. The van der Waals surface area contributed by atoms with Crippen LogP contribution in [0.4, 0.5) is 24.9 Å². The molecule has 210 valence electrons. The third-order valence-corrected chi connectivity index (χ3v) is 6.75. The quantitative estimate of drug-likeness (QED) is 0.281. The summed E-state index contributed by atoms with van der Waals surface area (Å²) in [5.41, 5.74) is -0.136. The molecular weight excluding hydrogens is 511 g/mol. The van der Waals surface area contributed by atoms with Gasteiger partial charge in [0.15, 0.2) is 0 Å². The number of carbonyl (C=O) groups excluding carboxylic acids is 1. The highest BCUT2D eigenvalue weighted by Crippen LogP contribution is 2.30. The minimum atomic E-state index is -4.40. The van der Waals surface area contributed by atoms with Gasteiger partial charge in [0.25, 0.3) is 0 Å². The van der Waals surface area contributed by atoms with Gasteiger partial charge in [-0.25, -0.2) is 4.98 Å². The molecule has 12 heteroatoms. The maximum atomic E-state index is 13.4. The van der Waals surface area contributed by atoms with Crippen LogP contribution >= 0.6 is 0 Å². The number of benzene rings is 1. The summed E-state index contributed by atoms with van der Waals surface area (Å²) >= 11 is 0. The summed E-state index contributed by atoms with van der Waals surface area (Å²) in [5, 5.41) is 9.33. The summed E-state index contributed by atoms with van der Waals surface area (Å²) in [7, 11) is 1.61. The Hall–Kier alpha value is -3.67. The molecule has 3 aromatic rings. The van der Waals surface area contributed by atoms with Gasteiger partial charge in [-0.3, -0.25) is 9.36 Å². The first-order chi connectivity index (χ1) is 18.8. The van der Waals surface area contributed by atoms with E-state index in [9.17, 15) is 18.0 Å². The summed E-state index contributed by atoms with van der Waals surface area (Å²) in [6, 6.07) is 5.98. The molecule has 9 nitrogen and oxygen atoms in total. The van der Waals surface area contributed by atoms with Crippen LogP contribution in [0.5, 0.6) is 0 Å². The molecule has 2 heterocycles. The monoisotopic (exact) mass is 545 g/mol. The molecule has 3 N–H and O–H groups in total. The van der Waals surface area contributed by atoms with Gasteiger partial charge in [-0.15, -0.1) is 0 Å². The van der Waals surface area contributed by atoms with E-state index in [1.165, 1.54) is 18.6 Å². The van der Waals surface area contributed by atoms with Gasteiger partial charge in [-0.2, -0.15) is 23.1 Å². The molecule has 1 aromatic carbocycles. The number of nitrogens with zero attached hydrogens (tertiary/aromatic N) is 4. The van der Waals surface area contributed by atoms with E-state index >= 15 is 0 Å². The minimum Gasteiger partial charge on any atom is -0.383 e. The Morgan fingerprint density at radius 3 is 2.59 bits per heavy atom. The van der Waals surface area contributed by atoms with Crippen LogP contribution in [0.15, 0.2) is 49.1 Å². The lowest BCUT2D eigenvalue weighted by Crippen LogP contribution is -2.41. The summed E-state index contributed by atoms with van der Waals surface area (Å²) in [6.07, 6.45) is 6.84. The van der Waals surface area contributed by atoms with E-state index in [4.69, 9.17) is 4.74 Å². The molecule has 4 rings (SSSR count). The van der Waals surface area contributed by atoms with E-state index < -0.39 is 17.8 Å². The number of halogens is 3. The zero-order chi connectivity index (χ0) is 27.7. The van der Waals surface area contributed by atoms with Gasteiger partial charge in [-0.1, -0.05) is 44.2 Å². The van der Waals surface area contributed by atoms with Gasteiger partial charge in [0, 0.05) is 38.7 Å². The first-order valence-electron chi connectivity index (χ1n) is 13.1. The van der Waals surface area contributed by atoms with Crippen LogP contribution in [0.1, 0.15) is 49.7 Å². The van der Waals surface area contributed by atoms with Crippen molar-refractivity contribution in [2.24, 2.45) is 5.92 Å². The summed E-state index contributed by atoms with van der Waals surface area (Å²) in [5.74, 6) is 1.58. The van der Waals surface area contributed by atoms with E-state index in [1.807, 2.05) is 0 Å². The molecule has 0 bridgehead atoms. The van der Waals surface area contributed by atoms with Crippen LogP contribution in [-0.2, 0) is 22.3 Å². The largest absolute Gasteiger partial charge is 0.416 e.